The number of primary amides is 2. The molecule has 0 saturated heterocycles. The van der Waals surface area contributed by atoms with Gasteiger partial charge in [0, 0.05) is 59.1 Å². The molecule has 0 bridgehead atoms. The van der Waals surface area contributed by atoms with Crippen LogP contribution >= 0.6 is 23.5 Å². The van der Waals surface area contributed by atoms with Crippen LogP contribution in [0.5, 0.6) is 23.0 Å². The standard InChI is InChI=1S/C19H19F3N2O3S.C17H17F3N2O2S/c1-11(25)24(2)10-13-8-12(18(23)26)4-6-16(13)27-14-5-7-17(28-3)15(9-14)19(20,21)22;1-22-9-11-7-10(16(21)23)3-5-14(11)24-12-4-6-15(25-2)13(8-12)17(18,19)20/h4-9H,10H2,1-3H3,(H2,23,26);3-8,22H,9H2,1-2H3,(H2,21,23). The van der Waals surface area contributed by atoms with E-state index in [1.54, 1.807) is 32.7 Å². The Morgan fingerprint density at radius 3 is 1.47 bits per heavy atom. The van der Waals surface area contributed by atoms with Crippen molar-refractivity contribution in [3.05, 3.63) is 106 Å². The first-order valence-corrected chi connectivity index (χ1v) is 17.8. The molecule has 0 spiro atoms. The van der Waals surface area contributed by atoms with Gasteiger partial charge in [-0.05, 0) is 92.4 Å². The second-order valence-electron chi connectivity index (χ2n) is 11.2. The van der Waals surface area contributed by atoms with Crippen LogP contribution in [0.2, 0.25) is 0 Å². The number of benzene rings is 4. The van der Waals surface area contributed by atoms with Crippen LogP contribution in [0.3, 0.4) is 0 Å². The molecule has 0 aliphatic rings. The molecule has 0 heterocycles. The number of halogens is 6. The maximum atomic E-state index is 13.3. The van der Waals surface area contributed by atoms with Crippen LogP contribution in [0.4, 0.5) is 26.3 Å². The predicted octanol–water partition coefficient (Wildman–Crippen LogP) is 8.33. The van der Waals surface area contributed by atoms with Crippen LogP contribution in [0.25, 0.3) is 0 Å². The summed E-state index contributed by atoms with van der Waals surface area (Å²) in [6.07, 6.45) is -5.85. The number of nitrogens with zero attached hydrogens (tertiary/aromatic N) is 1. The Balaban J connectivity index is 0.000000287. The third kappa shape index (κ3) is 11.8. The lowest BCUT2D eigenvalue weighted by molar-refractivity contribution is -0.140. The number of carbonyl (C=O) groups is 3. The Hall–Kier alpha value is -4.87. The molecule has 5 N–H and O–H groups in total. The van der Waals surface area contributed by atoms with Gasteiger partial charge < -0.3 is 31.2 Å². The summed E-state index contributed by atoms with van der Waals surface area (Å²) in [6, 6.07) is 16.4. The van der Waals surface area contributed by atoms with E-state index in [0.717, 1.165) is 35.7 Å². The van der Waals surface area contributed by atoms with E-state index in [0.29, 0.717) is 29.0 Å². The molecule has 0 aliphatic carbocycles. The van der Waals surface area contributed by atoms with Gasteiger partial charge in [0.2, 0.25) is 17.7 Å². The summed E-state index contributed by atoms with van der Waals surface area (Å²) in [7, 11) is 3.26. The van der Waals surface area contributed by atoms with Gasteiger partial charge in [0.25, 0.3) is 0 Å². The van der Waals surface area contributed by atoms with E-state index >= 15 is 0 Å². The minimum atomic E-state index is -4.52. The third-order valence-corrected chi connectivity index (χ3v) is 9.00. The SMILES string of the molecule is CNCc1cc(C(N)=O)ccc1Oc1ccc(SC)c(C(F)(F)F)c1.CSc1ccc(Oc2ccc(C(N)=O)cc2CN(C)C(C)=O)cc1C(F)(F)F. The van der Waals surface area contributed by atoms with E-state index in [4.69, 9.17) is 20.9 Å². The molecule has 4 rings (SSSR count). The first-order valence-electron chi connectivity index (χ1n) is 15.4. The number of alkyl halides is 6. The Labute approximate surface area is 310 Å². The van der Waals surface area contributed by atoms with E-state index in [-0.39, 0.29) is 45.1 Å². The molecule has 0 aromatic heterocycles. The summed E-state index contributed by atoms with van der Waals surface area (Å²) >= 11 is 2.00. The predicted molar refractivity (Wildman–Crippen MR) is 191 cm³/mol. The maximum absolute atomic E-state index is 13.3. The summed E-state index contributed by atoms with van der Waals surface area (Å²) < 4.78 is 90.6. The lowest BCUT2D eigenvalue weighted by Gasteiger charge is -2.19. The van der Waals surface area contributed by atoms with Crippen molar-refractivity contribution in [3.63, 3.8) is 0 Å². The van der Waals surface area contributed by atoms with E-state index in [2.05, 4.69) is 5.32 Å². The minimum absolute atomic E-state index is 0.0105. The van der Waals surface area contributed by atoms with E-state index in [9.17, 15) is 40.7 Å². The highest BCUT2D eigenvalue weighted by atomic mass is 32.2. The summed E-state index contributed by atoms with van der Waals surface area (Å²) in [4.78, 5) is 35.8. The molecule has 9 nitrogen and oxygen atoms in total. The summed E-state index contributed by atoms with van der Waals surface area (Å²) in [5, 5.41) is 2.91. The van der Waals surface area contributed by atoms with Gasteiger partial charge in [0.05, 0.1) is 11.1 Å². The fourth-order valence-electron chi connectivity index (χ4n) is 4.68. The second-order valence-corrected chi connectivity index (χ2v) is 12.9. The van der Waals surface area contributed by atoms with Crippen LogP contribution < -0.4 is 26.3 Å². The molecule has 3 amide bonds. The van der Waals surface area contributed by atoms with Crippen LogP contribution in [0, 0.1) is 0 Å². The Bertz CT molecular complexity index is 1960. The number of carbonyl (C=O) groups excluding carboxylic acids is 3. The fourth-order valence-corrected chi connectivity index (χ4v) is 5.88. The van der Waals surface area contributed by atoms with Gasteiger partial charge in [-0.2, -0.15) is 26.3 Å². The number of hydrogen-bond donors (Lipinski definition) is 3. The summed E-state index contributed by atoms with van der Waals surface area (Å²) in [5.41, 5.74) is 10.5. The van der Waals surface area contributed by atoms with Crippen molar-refractivity contribution in [3.8, 4) is 23.0 Å². The number of ether oxygens (including phenoxy) is 2. The highest BCUT2D eigenvalue weighted by Gasteiger charge is 2.35. The second kappa shape index (κ2) is 18.3. The minimum Gasteiger partial charge on any atom is -0.457 e. The van der Waals surface area contributed by atoms with Crippen molar-refractivity contribution in [1.29, 1.82) is 0 Å². The number of thioether (sulfide) groups is 2. The fraction of sp³-hybridized carbons (Fsp3) is 0.250. The molecule has 0 fully saturated rings. The monoisotopic (exact) mass is 782 g/mol. The van der Waals surface area contributed by atoms with Crippen LogP contribution in [-0.2, 0) is 30.2 Å². The van der Waals surface area contributed by atoms with E-state index < -0.39 is 35.3 Å². The molecule has 4 aromatic carbocycles. The highest BCUT2D eigenvalue weighted by molar-refractivity contribution is 7.98. The molecule has 284 valence electrons. The number of nitrogens with two attached hydrogens (primary N) is 2. The molecule has 0 radical (unpaired) electrons. The van der Waals surface area contributed by atoms with Gasteiger partial charge in [-0.15, -0.1) is 23.5 Å². The molecule has 53 heavy (non-hydrogen) atoms. The van der Waals surface area contributed by atoms with Crippen LogP contribution in [0.1, 0.15) is 49.9 Å². The molecule has 0 atom stereocenters. The zero-order valence-corrected chi connectivity index (χ0v) is 30.7. The number of amides is 3. The quantitative estimate of drug-likeness (QED) is 0.0964. The van der Waals surface area contributed by atoms with Crippen molar-refractivity contribution < 1.29 is 50.2 Å². The average molecular weight is 783 g/mol. The van der Waals surface area contributed by atoms with Crippen LogP contribution in [-0.4, -0.2) is 49.2 Å². The summed E-state index contributed by atoms with van der Waals surface area (Å²) in [5.74, 6) is -0.848. The highest BCUT2D eigenvalue weighted by Crippen LogP contribution is 2.41. The molecule has 4 aromatic rings. The lowest BCUT2D eigenvalue weighted by Crippen LogP contribution is -2.23. The van der Waals surface area contributed by atoms with Crippen molar-refractivity contribution in [2.24, 2.45) is 11.5 Å². The smallest absolute Gasteiger partial charge is 0.417 e. The lowest BCUT2D eigenvalue weighted by atomic mass is 10.1. The van der Waals surface area contributed by atoms with E-state index in [1.807, 2.05) is 0 Å². The number of rotatable bonds is 12. The van der Waals surface area contributed by atoms with Crippen molar-refractivity contribution >= 4 is 41.2 Å². The van der Waals surface area contributed by atoms with Crippen molar-refractivity contribution in [2.45, 2.75) is 42.2 Å². The zero-order valence-electron chi connectivity index (χ0n) is 29.1. The molecule has 0 saturated carbocycles. The van der Waals surface area contributed by atoms with Gasteiger partial charge in [0.1, 0.15) is 23.0 Å². The third-order valence-electron chi connectivity index (χ3n) is 7.41. The first kappa shape index (κ1) is 42.5. The molecule has 17 heteroatoms. The number of hydrogen-bond acceptors (Lipinski definition) is 8. The van der Waals surface area contributed by atoms with Gasteiger partial charge in [-0.25, -0.2) is 0 Å². The van der Waals surface area contributed by atoms with Gasteiger partial charge >= 0.3 is 12.4 Å². The Morgan fingerprint density at radius 2 is 1.11 bits per heavy atom. The molecule has 0 unspecified atom stereocenters. The molecular weight excluding hydrogens is 747 g/mol. The zero-order chi connectivity index (χ0) is 39.7. The largest absolute Gasteiger partial charge is 0.457 e. The van der Waals surface area contributed by atoms with Crippen LogP contribution in [0.15, 0.2) is 82.6 Å². The van der Waals surface area contributed by atoms with Crippen molar-refractivity contribution in [1.82, 2.24) is 10.2 Å². The topological polar surface area (TPSA) is 137 Å². The number of nitrogens with one attached hydrogen (secondary N) is 1. The summed E-state index contributed by atoms with van der Waals surface area (Å²) in [6.45, 7) is 1.83. The normalized spacial score (nSPS) is 11.3. The first-order chi connectivity index (χ1) is 24.8. The average Bonchev–Trinajstić information content (AvgIpc) is 3.09. The van der Waals surface area contributed by atoms with Gasteiger partial charge in [0.15, 0.2) is 0 Å². The van der Waals surface area contributed by atoms with E-state index in [1.165, 1.54) is 66.4 Å². The van der Waals surface area contributed by atoms with Crippen molar-refractivity contribution in [2.75, 3.05) is 26.6 Å². The maximum Gasteiger partial charge on any atom is 0.417 e. The van der Waals surface area contributed by atoms with Gasteiger partial charge in [-0.3, -0.25) is 14.4 Å². The Kier molecular flexibility index (Phi) is 14.6. The van der Waals surface area contributed by atoms with Gasteiger partial charge in [-0.1, -0.05) is 0 Å². The Morgan fingerprint density at radius 1 is 0.698 bits per heavy atom. The molecule has 0 aliphatic heterocycles. The molecular formula is C36H36F6N4O5S2.